The zero-order valence-electron chi connectivity index (χ0n) is 19.6. The maximum Gasteiger partial charge on any atom is 0.264 e. The summed E-state index contributed by atoms with van der Waals surface area (Å²) in [6.45, 7) is 4.33. The molecule has 0 spiro atoms. The highest BCUT2D eigenvalue weighted by Gasteiger charge is 2.12. The number of carbonyl (C=O) groups is 1. The first-order valence-electron chi connectivity index (χ1n) is 10.7. The molecule has 0 aliphatic rings. The summed E-state index contributed by atoms with van der Waals surface area (Å²) in [5, 5.41) is 15.4. The number of nitrogens with zero attached hydrogens (tertiary/aromatic N) is 4. The number of methoxy groups -OCH3 is 2. The van der Waals surface area contributed by atoms with E-state index in [0.29, 0.717) is 22.6 Å². The van der Waals surface area contributed by atoms with Gasteiger partial charge in [0.25, 0.3) is 5.95 Å². The van der Waals surface area contributed by atoms with Crippen molar-refractivity contribution in [2.75, 3.05) is 36.6 Å². The molecule has 11 heteroatoms. The number of nitrogen functional groups attached to an aromatic ring is 1. The van der Waals surface area contributed by atoms with Gasteiger partial charge in [0.1, 0.15) is 0 Å². The van der Waals surface area contributed by atoms with Gasteiger partial charge in [-0.05, 0) is 53.8 Å². The number of anilines is 2. The van der Waals surface area contributed by atoms with Crippen molar-refractivity contribution in [1.29, 1.82) is 0 Å². The summed E-state index contributed by atoms with van der Waals surface area (Å²) in [5.41, 5.74) is 5.53. The van der Waals surface area contributed by atoms with Gasteiger partial charge in [0.15, 0.2) is 11.5 Å². The Morgan fingerprint density at radius 2 is 1.91 bits per heavy atom. The third-order valence-corrected chi connectivity index (χ3v) is 6.10. The minimum Gasteiger partial charge on any atom is -0.493 e. The molecule has 2 aromatic carbocycles. The predicted molar refractivity (Wildman–Crippen MR) is 135 cm³/mol. The summed E-state index contributed by atoms with van der Waals surface area (Å²) >= 11 is 1.18. The van der Waals surface area contributed by atoms with Gasteiger partial charge in [-0.3, -0.25) is 4.79 Å². The highest BCUT2D eigenvalue weighted by atomic mass is 32.2. The lowest BCUT2D eigenvalue weighted by molar-refractivity contribution is -0.113. The van der Waals surface area contributed by atoms with Gasteiger partial charge in [-0.1, -0.05) is 37.7 Å². The molecule has 0 fully saturated rings. The fourth-order valence-corrected chi connectivity index (χ4v) is 3.66. The van der Waals surface area contributed by atoms with Crippen LogP contribution in [0.3, 0.4) is 0 Å². The number of hydrogen-bond donors (Lipinski definition) is 3. The van der Waals surface area contributed by atoms with E-state index in [-0.39, 0.29) is 17.6 Å². The van der Waals surface area contributed by atoms with E-state index in [4.69, 9.17) is 15.3 Å². The third-order valence-electron chi connectivity index (χ3n) is 5.16. The fraction of sp³-hybridized carbons (Fsp3) is 0.304. The second-order valence-electron chi connectivity index (χ2n) is 7.43. The number of hydrogen-bond acceptors (Lipinski definition) is 9. The van der Waals surface area contributed by atoms with E-state index in [0.717, 1.165) is 17.7 Å². The smallest absolute Gasteiger partial charge is 0.264 e. The maximum atomic E-state index is 12.3. The molecule has 10 nitrogen and oxygen atoms in total. The molecule has 3 aromatic rings. The van der Waals surface area contributed by atoms with Gasteiger partial charge in [0.2, 0.25) is 11.1 Å². The van der Waals surface area contributed by atoms with Crippen LogP contribution in [0, 0.1) is 0 Å². The van der Waals surface area contributed by atoms with Crippen molar-refractivity contribution >= 4 is 35.5 Å². The molecule has 180 valence electrons. The molecule has 4 N–H and O–H groups in total. The number of hydrazone groups is 1. The van der Waals surface area contributed by atoms with Crippen molar-refractivity contribution in [2.24, 2.45) is 5.10 Å². The van der Waals surface area contributed by atoms with Crippen LogP contribution in [-0.2, 0) is 4.79 Å². The van der Waals surface area contributed by atoms with Gasteiger partial charge in [0.05, 0.1) is 26.2 Å². The standard InChI is InChI=1S/C23H29N7O3S/c1-5-15(2)17-7-9-18(10-8-17)26-21(31)14-34-23-29-28-22(30(23)24)27-25-13-16-6-11-19(32-3)20(12-16)33-4/h6-13,15H,5,14,24H2,1-4H3,(H,26,31)(H,27,28)/b25-13+. The van der Waals surface area contributed by atoms with Gasteiger partial charge in [0, 0.05) is 5.69 Å². The second kappa shape index (κ2) is 11.9. The van der Waals surface area contributed by atoms with Crippen LogP contribution >= 0.6 is 11.8 Å². The summed E-state index contributed by atoms with van der Waals surface area (Å²) in [4.78, 5) is 12.3. The zero-order valence-corrected chi connectivity index (χ0v) is 20.4. The Balaban J connectivity index is 1.52. The van der Waals surface area contributed by atoms with E-state index in [1.54, 1.807) is 32.6 Å². The van der Waals surface area contributed by atoms with Gasteiger partial charge in [-0.25, -0.2) is 10.1 Å². The molecular weight excluding hydrogens is 454 g/mol. The monoisotopic (exact) mass is 483 g/mol. The molecule has 1 aromatic heterocycles. The molecule has 1 unspecified atom stereocenters. The second-order valence-corrected chi connectivity index (χ2v) is 8.37. The Hall–Kier alpha value is -3.73. The molecule has 34 heavy (non-hydrogen) atoms. The van der Waals surface area contributed by atoms with Crippen LogP contribution in [0.25, 0.3) is 0 Å². The zero-order chi connectivity index (χ0) is 24.5. The summed E-state index contributed by atoms with van der Waals surface area (Å²) in [6.07, 6.45) is 2.66. The van der Waals surface area contributed by atoms with Crippen LogP contribution in [0.4, 0.5) is 11.6 Å². The lowest BCUT2D eigenvalue weighted by Crippen LogP contribution is -2.17. The summed E-state index contributed by atoms with van der Waals surface area (Å²) in [7, 11) is 3.14. The highest BCUT2D eigenvalue weighted by Crippen LogP contribution is 2.27. The Kier molecular flexibility index (Phi) is 8.74. The number of aromatic nitrogens is 3. The van der Waals surface area contributed by atoms with Crippen LogP contribution in [0.15, 0.2) is 52.7 Å². The van der Waals surface area contributed by atoms with Crippen LogP contribution in [0.1, 0.15) is 37.3 Å². The first-order valence-corrected chi connectivity index (χ1v) is 11.7. The van der Waals surface area contributed by atoms with Crippen molar-refractivity contribution in [2.45, 2.75) is 31.3 Å². The van der Waals surface area contributed by atoms with Gasteiger partial charge < -0.3 is 20.6 Å². The topological polar surface area (TPSA) is 129 Å². The minimum absolute atomic E-state index is 0.136. The van der Waals surface area contributed by atoms with Gasteiger partial charge in [-0.15, -0.1) is 10.2 Å². The lowest BCUT2D eigenvalue weighted by atomic mass is 9.99. The lowest BCUT2D eigenvalue weighted by Gasteiger charge is -2.10. The van der Waals surface area contributed by atoms with Gasteiger partial charge >= 0.3 is 0 Å². The van der Waals surface area contributed by atoms with Crippen molar-refractivity contribution in [3.63, 3.8) is 0 Å². The molecule has 0 aliphatic carbocycles. The summed E-state index contributed by atoms with van der Waals surface area (Å²) < 4.78 is 11.7. The molecule has 1 atom stereocenters. The van der Waals surface area contributed by atoms with E-state index in [1.165, 1.54) is 22.0 Å². The van der Waals surface area contributed by atoms with E-state index >= 15 is 0 Å². The maximum absolute atomic E-state index is 12.3. The molecule has 1 amide bonds. The Morgan fingerprint density at radius 3 is 2.59 bits per heavy atom. The van der Waals surface area contributed by atoms with E-state index in [2.05, 4.69) is 39.9 Å². The predicted octanol–water partition coefficient (Wildman–Crippen LogP) is 3.70. The number of thioether (sulfide) groups is 1. The van der Waals surface area contributed by atoms with Crippen LogP contribution in [0.5, 0.6) is 11.5 Å². The number of carbonyl (C=O) groups excluding carboxylic acids is 1. The molecule has 0 aliphatic heterocycles. The van der Waals surface area contributed by atoms with Crippen molar-refractivity contribution in [3.8, 4) is 11.5 Å². The molecule has 0 saturated carbocycles. The van der Waals surface area contributed by atoms with E-state index in [9.17, 15) is 4.79 Å². The SMILES string of the molecule is CCC(C)c1ccc(NC(=O)CSc2nnc(N/N=C/c3ccc(OC)c(OC)c3)n2N)cc1. The Labute approximate surface area is 202 Å². The fourth-order valence-electron chi connectivity index (χ4n) is 3.01. The average molecular weight is 484 g/mol. The number of rotatable bonds is 11. The van der Waals surface area contributed by atoms with E-state index < -0.39 is 0 Å². The molecular formula is C23H29N7O3S. The quantitative estimate of drug-likeness (QED) is 0.163. The molecule has 1 heterocycles. The number of ether oxygens (including phenoxy) is 2. The van der Waals surface area contributed by atoms with Crippen LogP contribution in [0.2, 0.25) is 0 Å². The van der Waals surface area contributed by atoms with Gasteiger partial charge in [-0.2, -0.15) is 5.10 Å². The van der Waals surface area contributed by atoms with Crippen LogP contribution in [-0.4, -0.2) is 47.0 Å². The number of nitrogens with one attached hydrogen (secondary N) is 2. The molecule has 0 saturated heterocycles. The number of amides is 1. The Morgan fingerprint density at radius 1 is 1.18 bits per heavy atom. The largest absolute Gasteiger partial charge is 0.493 e. The summed E-state index contributed by atoms with van der Waals surface area (Å²) in [6, 6.07) is 13.3. The van der Waals surface area contributed by atoms with Crippen LogP contribution < -0.4 is 26.1 Å². The minimum atomic E-state index is -0.162. The molecule has 0 bridgehead atoms. The molecule has 3 rings (SSSR count). The third kappa shape index (κ3) is 6.41. The Bertz CT molecular complexity index is 1130. The normalized spacial score (nSPS) is 11.9. The first kappa shape index (κ1) is 24.9. The van der Waals surface area contributed by atoms with E-state index in [1.807, 2.05) is 30.3 Å². The van der Waals surface area contributed by atoms with Crippen molar-refractivity contribution in [1.82, 2.24) is 14.9 Å². The molecule has 0 radical (unpaired) electrons. The summed E-state index contributed by atoms with van der Waals surface area (Å²) in [5.74, 6) is 7.95. The highest BCUT2D eigenvalue weighted by molar-refractivity contribution is 7.99. The van der Waals surface area contributed by atoms with Crippen molar-refractivity contribution < 1.29 is 14.3 Å². The van der Waals surface area contributed by atoms with Crippen molar-refractivity contribution in [3.05, 3.63) is 53.6 Å². The number of benzene rings is 2. The number of nitrogens with two attached hydrogens (primary N) is 1. The first-order chi connectivity index (χ1) is 16.4. The average Bonchev–Trinajstić information content (AvgIpc) is 3.21.